The Morgan fingerprint density at radius 3 is 2.37 bits per heavy atom. The number of methoxy groups -OCH3 is 1. The van der Waals surface area contributed by atoms with Gasteiger partial charge in [0, 0.05) is 46.2 Å². The lowest BCUT2D eigenvalue weighted by Crippen LogP contribution is -2.41. The summed E-state index contributed by atoms with van der Waals surface area (Å²) in [5.74, 6) is 0.166. The molecule has 3 heterocycles. The molecule has 13 heteroatoms. The summed E-state index contributed by atoms with van der Waals surface area (Å²) in [6, 6.07) is 11.1. The van der Waals surface area contributed by atoms with Crippen LogP contribution in [-0.2, 0) is 25.4 Å². The van der Waals surface area contributed by atoms with E-state index in [1.807, 2.05) is 64.1 Å². The van der Waals surface area contributed by atoms with Crippen molar-refractivity contribution in [3.05, 3.63) is 58.3 Å². The first-order valence-corrected chi connectivity index (χ1v) is 14.7. The standard InChI is InChI=1S/C30H33BCl2N4O6/c1-29(2)30(3,4)43-31(42-29)21-11-7-9-19(26(21)33)18-8-6-10-20(25(18)32)22-15-34-23(27(37-22)40-5)16-41-28(39)35-14-17-12-13-24(38)36-17/h6-11,15,17H,12-14,16H2,1-5H3,(H,35,39)(H,36,38)/t17-/m0/s1. The van der Waals surface area contributed by atoms with E-state index in [0.717, 1.165) is 0 Å². The Morgan fingerprint density at radius 2 is 1.72 bits per heavy atom. The Kier molecular flexibility index (Phi) is 8.90. The zero-order valence-electron chi connectivity index (χ0n) is 24.6. The second-order valence-corrected chi connectivity index (χ2v) is 12.2. The molecule has 1 aromatic heterocycles. The summed E-state index contributed by atoms with van der Waals surface area (Å²) >= 11 is 13.9. The first-order valence-electron chi connectivity index (χ1n) is 13.9. The van der Waals surface area contributed by atoms with Crippen LogP contribution in [0.15, 0.2) is 42.6 Å². The van der Waals surface area contributed by atoms with E-state index in [0.29, 0.717) is 56.4 Å². The number of benzene rings is 2. The van der Waals surface area contributed by atoms with Gasteiger partial charge in [0.05, 0.1) is 35.2 Å². The normalized spacial score (nSPS) is 18.8. The molecule has 0 bridgehead atoms. The van der Waals surface area contributed by atoms with Crippen LogP contribution >= 0.6 is 23.2 Å². The average Bonchev–Trinajstić information content (AvgIpc) is 3.48. The van der Waals surface area contributed by atoms with E-state index in [1.165, 1.54) is 7.11 Å². The molecule has 0 aliphatic carbocycles. The minimum absolute atomic E-state index is 0.0240. The van der Waals surface area contributed by atoms with E-state index in [4.69, 9.17) is 42.0 Å². The summed E-state index contributed by atoms with van der Waals surface area (Å²) in [5, 5.41) is 6.33. The molecule has 2 aliphatic rings. The molecule has 2 aliphatic heterocycles. The fourth-order valence-corrected chi connectivity index (χ4v) is 5.50. The third kappa shape index (κ3) is 6.45. The second kappa shape index (κ2) is 12.3. The number of carbonyl (C=O) groups excluding carboxylic acids is 2. The number of halogens is 2. The van der Waals surface area contributed by atoms with Gasteiger partial charge in [0.1, 0.15) is 12.3 Å². The average molecular weight is 627 g/mol. The smallest absolute Gasteiger partial charge is 0.480 e. The van der Waals surface area contributed by atoms with Gasteiger partial charge in [-0.1, -0.05) is 59.6 Å². The van der Waals surface area contributed by atoms with Crippen LogP contribution in [0.4, 0.5) is 4.79 Å². The molecule has 2 aromatic carbocycles. The number of nitrogens with zero attached hydrogens (tertiary/aromatic N) is 2. The van der Waals surface area contributed by atoms with E-state index in [-0.39, 0.29) is 31.0 Å². The molecular weight excluding hydrogens is 594 g/mol. The number of carbonyl (C=O) groups is 2. The van der Waals surface area contributed by atoms with Crippen molar-refractivity contribution in [3.8, 4) is 28.3 Å². The zero-order valence-corrected chi connectivity index (χ0v) is 26.1. The van der Waals surface area contributed by atoms with Crippen LogP contribution in [0.25, 0.3) is 22.4 Å². The van der Waals surface area contributed by atoms with Gasteiger partial charge in [0.25, 0.3) is 0 Å². The number of rotatable bonds is 8. The number of hydrogen-bond donors (Lipinski definition) is 2. The van der Waals surface area contributed by atoms with E-state index >= 15 is 0 Å². The molecule has 10 nitrogen and oxygen atoms in total. The highest BCUT2D eigenvalue weighted by molar-refractivity contribution is 6.66. The minimum atomic E-state index is -0.635. The van der Waals surface area contributed by atoms with Crippen molar-refractivity contribution >= 4 is 47.8 Å². The number of hydrogen-bond acceptors (Lipinski definition) is 8. The van der Waals surface area contributed by atoms with Crippen LogP contribution in [0, 0.1) is 0 Å². The van der Waals surface area contributed by atoms with E-state index in [1.54, 1.807) is 6.20 Å². The minimum Gasteiger partial charge on any atom is -0.480 e. The molecule has 1 atom stereocenters. The first-order chi connectivity index (χ1) is 20.4. The molecule has 5 rings (SSSR count). The Balaban J connectivity index is 1.34. The second-order valence-electron chi connectivity index (χ2n) is 11.4. The first kappa shape index (κ1) is 31.1. The lowest BCUT2D eigenvalue weighted by Gasteiger charge is -2.32. The van der Waals surface area contributed by atoms with E-state index in [2.05, 4.69) is 20.6 Å². The number of ether oxygens (including phenoxy) is 2. The van der Waals surface area contributed by atoms with Gasteiger partial charge >= 0.3 is 13.2 Å². The zero-order chi connectivity index (χ0) is 30.9. The summed E-state index contributed by atoms with van der Waals surface area (Å²) in [4.78, 5) is 32.5. The third-order valence-corrected chi connectivity index (χ3v) is 8.85. The van der Waals surface area contributed by atoms with Crippen LogP contribution in [0.3, 0.4) is 0 Å². The van der Waals surface area contributed by atoms with Crippen molar-refractivity contribution < 1.29 is 28.4 Å². The number of nitrogens with one attached hydrogen (secondary N) is 2. The van der Waals surface area contributed by atoms with Crippen molar-refractivity contribution in [2.75, 3.05) is 13.7 Å². The SMILES string of the molecule is COc1nc(-c2cccc(-c3cccc(B4OC(C)(C)C(C)(C)O4)c3Cl)c2Cl)cnc1COC(=O)NC[C@@H]1CCC(=O)N1. The maximum absolute atomic E-state index is 12.2. The van der Waals surface area contributed by atoms with E-state index < -0.39 is 24.4 Å². The monoisotopic (exact) mass is 626 g/mol. The fourth-order valence-electron chi connectivity index (χ4n) is 4.86. The summed E-state index contributed by atoms with van der Waals surface area (Å²) in [6.45, 7) is 8.09. The molecule has 0 spiro atoms. The highest BCUT2D eigenvalue weighted by atomic mass is 35.5. The maximum Gasteiger partial charge on any atom is 0.496 e. The highest BCUT2D eigenvalue weighted by Gasteiger charge is 2.52. The van der Waals surface area contributed by atoms with Gasteiger partial charge in [-0.15, -0.1) is 0 Å². The maximum atomic E-state index is 12.2. The van der Waals surface area contributed by atoms with Gasteiger partial charge in [-0.2, -0.15) is 0 Å². The van der Waals surface area contributed by atoms with Crippen molar-refractivity contribution in [2.24, 2.45) is 0 Å². The van der Waals surface area contributed by atoms with Crippen LogP contribution in [0.1, 0.15) is 46.2 Å². The molecule has 0 saturated carbocycles. The van der Waals surface area contributed by atoms with Crippen molar-refractivity contribution in [3.63, 3.8) is 0 Å². The van der Waals surface area contributed by atoms with Crippen LogP contribution in [0.5, 0.6) is 5.88 Å². The quantitative estimate of drug-likeness (QED) is 0.338. The van der Waals surface area contributed by atoms with Gasteiger partial charge < -0.3 is 29.4 Å². The molecular formula is C30H33BCl2N4O6. The Labute approximate surface area is 260 Å². The van der Waals surface area contributed by atoms with Crippen LogP contribution < -0.4 is 20.8 Å². The summed E-state index contributed by atoms with van der Waals surface area (Å²) in [6.07, 6.45) is 2.03. The molecule has 2 amide bonds. The molecule has 0 unspecified atom stereocenters. The molecule has 43 heavy (non-hydrogen) atoms. The summed E-state index contributed by atoms with van der Waals surface area (Å²) in [7, 11) is 0.828. The largest absolute Gasteiger partial charge is 0.496 e. The van der Waals surface area contributed by atoms with Crippen LogP contribution in [0.2, 0.25) is 10.0 Å². The number of alkyl carbamates (subject to hydrolysis) is 1. The summed E-state index contributed by atoms with van der Waals surface area (Å²) < 4.78 is 23.2. The molecule has 3 aromatic rings. The molecule has 2 N–H and O–H groups in total. The Hall–Kier alpha value is -3.38. The number of amides is 2. The van der Waals surface area contributed by atoms with Gasteiger partial charge in [-0.05, 0) is 34.1 Å². The Morgan fingerprint density at radius 1 is 1.07 bits per heavy atom. The topological polar surface area (TPSA) is 121 Å². The lowest BCUT2D eigenvalue weighted by molar-refractivity contribution is -0.119. The van der Waals surface area contributed by atoms with E-state index in [9.17, 15) is 9.59 Å². The Bertz CT molecular complexity index is 1540. The summed E-state index contributed by atoms with van der Waals surface area (Å²) in [5.41, 5.74) is 2.52. The molecule has 2 fully saturated rings. The number of aromatic nitrogens is 2. The predicted molar refractivity (Wildman–Crippen MR) is 165 cm³/mol. The molecule has 0 radical (unpaired) electrons. The predicted octanol–water partition coefficient (Wildman–Crippen LogP) is 4.93. The molecule has 2 saturated heterocycles. The lowest BCUT2D eigenvalue weighted by atomic mass is 9.77. The van der Waals surface area contributed by atoms with Crippen molar-refractivity contribution in [1.82, 2.24) is 20.6 Å². The van der Waals surface area contributed by atoms with Crippen LogP contribution in [-0.4, -0.2) is 60.0 Å². The van der Waals surface area contributed by atoms with Gasteiger partial charge in [0.15, 0.2) is 0 Å². The highest BCUT2D eigenvalue weighted by Crippen LogP contribution is 2.41. The van der Waals surface area contributed by atoms with Gasteiger partial charge in [0.2, 0.25) is 11.8 Å². The fraction of sp³-hybridized carbons (Fsp3) is 0.400. The van der Waals surface area contributed by atoms with Gasteiger partial charge in [-0.3, -0.25) is 4.79 Å². The third-order valence-electron chi connectivity index (χ3n) is 8.02. The van der Waals surface area contributed by atoms with Crippen molar-refractivity contribution in [2.45, 2.75) is 64.4 Å². The molecule has 226 valence electrons. The van der Waals surface area contributed by atoms with Crippen molar-refractivity contribution in [1.29, 1.82) is 0 Å². The van der Waals surface area contributed by atoms with Gasteiger partial charge in [-0.25, -0.2) is 14.8 Å².